The molecule has 0 aliphatic carbocycles. The maximum Gasteiger partial charge on any atom is 0.408 e. The minimum absolute atomic E-state index is 0.380. The second-order valence-electron chi connectivity index (χ2n) is 8.17. The first-order valence-electron chi connectivity index (χ1n) is 9.89. The molecule has 0 aliphatic rings. The van der Waals surface area contributed by atoms with Gasteiger partial charge in [-0.25, -0.2) is 9.78 Å². The van der Waals surface area contributed by atoms with Crippen molar-refractivity contribution in [3.8, 4) is 11.3 Å². The number of hydrogen-bond acceptors (Lipinski definition) is 4. The van der Waals surface area contributed by atoms with Gasteiger partial charge in [0.25, 0.3) is 0 Å². The van der Waals surface area contributed by atoms with Crippen molar-refractivity contribution in [3.05, 3.63) is 72.6 Å². The topological polar surface area (TPSA) is 95.7 Å². The molecule has 3 heterocycles. The monoisotopic (exact) mass is 403 g/mol. The Balaban J connectivity index is 1.63. The van der Waals surface area contributed by atoms with Crippen LogP contribution in [0.4, 0.5) is 4.79 Å². The van der Waals surface area contributed by atoms with Crippen LogP contribution in [-0.2, 0) is 11.2 Å². The number of aromatic amines is 2. The molecule has 154 valence electrons. The number of para-hydroxylation sites is 1. The van der Waals surface area contributed by atoms with Crippen molar-refractivity contribution in [3.63, 3.8) is 0 Å². The first kappa shape index (κ1) is 19.7. The molecule has 0 bridgehead atoms. The molecule has 3 N–H and O–H groups in total. The summed E-state index contributed by atoms with van der Waals surface area (Å²) in [5.74, 6) is 0.665. The van der Waals surface area contributed by atoms with Crippen LogP contribution in [0.3, 0.4) is 0 Å². The van der Waals surface area contributed by atoms with Crippen molar-refractivity contribution in [2.45, 2.75) is 38.8 Å². The lowest BCUT2D eigenvalue weighted by molar-refractivity contribution is 0.0501. The number of imidazole rings is 1. The van der Waals surface area contributed by atoms with E-state index in [1.54, 1.807) is 12.4 Å². The largest absolute Gasteiger partial charge is 0.444 e. The van der Waals surface area contributed by atoms with E-state index < -0.39 is 11.7 Å². The highest BCUT2D eigenvalue weighted by atomic mass is 16.6. The van der Waals surface area contributed by atoms with Crippen LogP contribution < -0.4 is 5.32 Å². The van der Waals surface area contributed by atoms with Crippen LogP contribution in [0.15, 0.2) is 61.2 Å². The number of pyridine rings is 1. The number of alkyl carbamates (subject to hydrolysis) is 1. The lowest BCUT2D eigenvalue weighted by Crippen LogP contribution is -2.36. The fraction of sp³-hybridized carbons (Fsp3) is 0.261. The molecule has 30 heavy (non-hydrogen) atoms. The number of nitrogens with one attached hydrogen (secondary N) is 3. The quantitative estimate of drug-likeness (QED) is 0.448. The van der Waals surface area contributed by atoms with E-state index in [1.165, 1.54) is 0 Å². The first-order valence-corrected chi connectivity index (χ1v) is 9.89. The summed E-state index contributed by atoms with van der Waals surface area (Å²) in [6.45, 7) is 5.53. The van der Waals surface area contributed by atoms with Crippen LogP contribution in [0.25, 0.3) is 22.2 Å². The van der Waals surface area contributed by atoms with E-state index in [2.05, 4.69) is 26.3 Å². The van der Waals surface area contributed by atoms with Gasteiger partial charge in [-0.3, -0.25) is 4.98 Å². The van der Waals surface area contributed by atoms with E-state index in [0.29, 0.717) is 12.2 Å². The fourth-order valence-electron chi connectivity index (χ4n) is 3.37. The minimum atomic E-state index is -0.583. The Hall–Kier alpha value is -3.61. The van der Waals surface area contributed by atoms with E-state index in [0.717, 1.165) is 27.7 Å². The van der Waals surface area contributed by atoms with Crippen LogP contribution >= 0.6 is 0 Å². The molecule has 4 aromatic rings. The van der Waals surface area contributed by atoms with Crippen molar-refractivity contribution in [2.75, 3.05) is 0 Å². The summed E-state index contributed by atoms with van der Waals surface area (Å²) in [6.07, 6.45) is 7.35. The Morgan fingerprint density at radius 2 is 1.87 bits per heavy atom. The normalized spacial score (nSPS) is 12.6. The van der Waals surface area contributed by atoms with Crippen LogP contribution in [0, 0.1) is 0 Å². The van der Waals surface area contributed by atoms with Crippen LogP contribution in [0.1, 0.15) is 38.2 Å². The number of aromatic nitrogens is 4. The van der Waals surface area contributed by atoms with Gasteiger partial charge in [0.2, 0.25) is 0 Å². The second kappa shape index (κ2) is 8.02. The van der Waals surface area contributed by atoms with Gasteiger partial charge in [-0.15, -0.1) is 0 Å². The van der Waals surface area contributed by atoms with E-state index in [4.69, 9.17) is 9.72 Å². The van der Waals surface area contributed by atoms with Gasteiger partial charge in [0.15, 0.2) is 0 Å². The molecular weight excluding hydrogens is 378 g/mol. The van der Waals surface area contributed by atoms with E-state index in [9.17, 15) is 4.79 Å². The lowest BCUT2D eigenvalue weighted by Gasteiger charge is -2.23. The summed E-state index contributed by atoms with van der Waals surface area (Å²) in [5, 5.41) is 4.10. The summed E-state index contributed by atoms with van der Waals surface area (Å²) in [7, 11) is 0. The highest BCUT2D eigenvalue weighted by Gasteiger charge is 2.24. The maximum absolute atomic E-state index is 12.5. The molecule has 0 spiro atoms. The zero-order valence-electron chi connectivity index (χ0n) is 17.3. The number of carbonyl (C=O) groups excluding carboxylic acids is 1. The van der Waals surface area contributed by atoms with Gasteiger partial charge in [-0.1, -0.05) is 18.2 Å². The van der Waals surface area contributed by atoms with Gasteiger partial charge < -0.3 is 20.0 Å². The average Bonchev–Trinajstić information content (AvgIpc) is 3.35. The molecule has 3 aromatic heterocycles. The Morgan fingerprint density at radius 3 is 2.63 bits per heavy atom. The van der Waals surface area contributed by atoms with Crippen molar-refractivity contribution >= 4 is 17.0 Å². The van der Waals surface area contributed by atoms with Gasteiger partial charge >= 0.3 is 6.09 Å². The molecule has 0 aliphatic heterocycles. The SMILES string of the molecule is CC(C)(C)OC(=O)N[C@H](Cc1c[nH]c2ccccc12)c1nc(-c2ccncc2)c[nH]1. The number of hydrogen-bond donors (Lipinski definition) is 3. The first-order chi connectivity index (χ1) is 14.4. The molecule has 1 amide bonds. The number of H-pyrrole nitrogens is 2. The molecular formula is C23H25N5O2. The highest BCUT2D eigenvalue weighted by Crippen LogP contribution is 2.25. The van der Waals surface area contributed by atoms with Gasteiger partial charge in [0.05, 0.1) is 11.7 Å². The summed E-state index contributed by atoms with van der Waals surface area (Å²) in [5.41, 5.74) is 3.31. The third-order valence-corrected chi connectivity index (χ3v) is 4.69. The van der Waals surface area contributed by atoms with Gasteiger partial charge in [-0.2, -0.15) is 0 Å². The third kappa shape index (κ3) is 4.51. The number of nitrogens with zero attached hydrogens (tertiary/aromatic N) is 2. The van der Waals surface area contributed by atoms with E-state index in [1.807, 2.05) is 63.5 Å². The van der Waals surface area contributed by atoms with Crippen molar-refractivity contribution < 1.29 is 9.53 Å². The number of carbonyl (C=O) groups is 1. The molecule has 4 rings (SSSR count). The number of rotatable bonds is 5. The van der Waals surface area contributed by atoms with Crippen molar-refractivity contribution in [2.24, 2.45) is 0 Å². The van der Waals surface area contributed by atoms with Gasteiger partial charge in [-0.05, 0) is 44.5 Å². The van der Waals surface area contributed by atoms with Crippen LogP contribution in [0.2, 0.25) is 0 Å². The van der Waals surface area contributed by atoms with Crippen LogP contribution in [0.5, 0.6) is 0 Å². The zero-order chi connectivity index (χ0) is 21.1. The average molecular weight is 403 g/mol. The molecule has 1 atom stereocenters. The number of amides is 1. The zero-order valence-corrected chi connectivity index (χ0v) is 17.3. The molecule has 7 nitrogen and oxygen atoms in total. The lowest BCUT2D eigenvalue weighted by atomic mass is 10.0. The molecule has 0 radical (unpaired) electrons. The number of ether oxygens (including phenoxy) is 1. The Morgan fingerprint density at radius 1 is 1.10 bits per heavy atom. The highest BCUT2D eigenvalue weighted by molar-refractivity contribution is 5.83. The molecule has 1 aromatic carbocycles. The Bertz CT molecular complexity index is 1140. The summed E-state index contributed by atoms with van der Waals surface area (Å²) >= 11 is 0. The minimum Gasteiger partial charge on any atom is -0.444 e. The molecule has 0 saturated carbocycles. The van der Waals surface area contributed by atoms with Gasteiger partial charge in [0, 0.05) is 47.7 Å². The Kier molecular flexibility index (Phi) is 5.27. The number of benzene rings is 1. The molecule has 7 heteroatoms. The molecule has 0 unspecified atom stereocenters. The molecule has 0 saturated heterocycles. The fourth-order valence-corrected chi connectivity index (χ4v) is 3.37. The predicted octanol–water partition coefficient (Wildman–Crippen LogP) is 4.76. The molecule has 0 fully saturated rings. The summed E-state index contributed by atoms with van der Waals surface area (Å²) < 4.78 is 5.48. The van der Waals surface area contributed by atoms with Crippen molar-refractivity contribution in [1.29, 1.82) is 0 Å². The third-order valence-electron chi connectivity index (χ3n) is 4.69. The number of fused-ring (bicyclic) bond motifs is 1. The van der Waals surface area contributed by atoms with E-state index >= 15 is 0 Å². The van der Waals surface area contributed by atoms with Gasteiger partial charge in [0.1, 0.15) is 11.4 Å². The standard InChI is InChI=1S/C23H25N5O2/c1-23(2,3)30-22(29)28-19(12-16-13-25-18-7-5-4-6-17(16)18)21-26-14-20(27-21)15-8-10-24-11-9-15/h4-11,13-14,19,25H,12H2,1-3H3,(H,26,27)(H,28,29)/t19-/m1/s1. The maximum atomic E-state index is 12.5. The summed E-state index contributed by atoms with van der Waals surface area (Å²) in [4.78, 5) is 27.8. The van der Waals surface area contributed by atoms with E-state index in [-0.39, 0.29) is 6.04 Å². The second-order valence-corrected chi connectivity index (χ2v) is 8.17. The predicted molar refractivity (Wildman–Crippen MR) is 116 cm³/mol. The summed E-state index contributed by atoms with van der Waals surface area (Å²) in [6, 6.07) is 11.5. The van der Waals surface area contributed by atoms with Crippen molar-refractivity contribution in [1.82, 2.24) is 25.3 Å². The Labute approximate surface area is 174 Å². The van der Waals surface area contributed by atoms with Crippen LogP contribution in [-0.4, -0.2) is 31.6 Å². The smallest absolute Gasteiger partial charge is 0.408 e.